The highest BCUT2D eigenvalue weighted by molar-refractivity contribution is 7.22. The highest BCUT2D eigenvalue weighted by Gasteiger charge is 2.18. The minimum absolute atomic E-state index is 0.0737. The smallest absolute Gasteiger partial charge is 0.289 e. The number of fused-ring (bicyclic) bond motifs is 1. The maximum atomic E-state index is 12.1. The number of carbonyl (C=O) groups excluding carboxylic acids is 2. The molecule has 6 nitrogen and oxygen atoms in total. The van der Waals surface area contributed by atoms with Crippen LogP contribution in [0.4, 0.5) is 5.13 Å². The number of benzene rings is 1. The van der Waals surface area contributed by atoms with Crippen molar-refractivity contribution in [2.45, 2.75) is 13.3 Å². The van der Waals surface area contributed by atoms with Gasteiger partial charge in [0, 0.05) is 7.05 Å². The van der Waals surface area contributed by atoms with Gasteiger partial charge in [0.25, 0.3) is 5.91 Å². The van der Waals surface area contributed by atoms with Crippen LogP contribution in [-0.2, 0) is 11.2 Å². The zero-order chi connectivity index (χ0) is 17.1. The van der Waals surface area contributed by atoms with Crippen molar-refractivity contribution in [1.82, 2.24) is 9.88 Å². The Balaban J connectivity index is 1.65. The predicted octanol–water partition coefficient (Wildman–Crippen LogP) is 3.16. The van der Waals surface area contributed by atoms with E-state index in [0.29, 0.717) is 5.13 Å². The third kappa shape index (κ3) is 3.46. The highest BCUT2D eigenvalue weighted by atomic mass is 32.1. The molecule has 0 bridgehead atoms. The lowest BCUT2D eigenvalue weighted by Gasteiger charge is -2.14. The van der Waals surface area contributed by atoms with Crippen LogP contribution in [0.3, 0.4) is 0 Å². The summed E-state index contributed by atoms with van der Waals surface area (Å²) < 4.78 is 6.08. The van der Waals surface area contributed by atoms with Gasteiger partial charge in [0.1, 0.15) is 6.54 Å². The van der Waals surface area contributed by atoms with Crippen LogP contribution in [0.15, 0.2) is 41.0 Å². The Morgan fingerprint density at radius 2 is 2.17 bits per heavy atom. The van der Waals surface area contributed by atoms with E-state index in [2.05, 4.69) is 23.3 Å². The molecule has 0 aliphatic heterocycles. The van der Waals surface area contributed by atoms with Crippen LogP contribution in [0, 0.1) is 0 Å². The minimum atomic E-state index is -0.341. The molecule has 124 valence electrons. The van der Waals surface area contributed by atoms with E-state index in [1.165, 1.54) is 28.1 Å². The number of hydrogen-bond acceptors (Lipinski definition) is 5. The van der Waals surface area contributed by atoms with Gasteiger partial charge in [-0.1, -0.05) is 24.3 Å². The fourth-order valence-corrected chi connectivity index (χ4v) is 3.22. The van der Waals surface area contributed by atoms with Crippen molar-refractivity contribution in [1.29, 1.82) is 0 Å². The molecule has 2 amide bonds. The first-order valence-corrected chi connectivity index (χ1v) is 8.36. The highest BCUT2D eigenvalue weighted by Crippen LogP contribution is 2.27. The number of carbonyl (C=O) groups is 2. The molecule has 0 saturated carbocycles. The topological polar surface area (TPSA) is 75.4 Å². The molecule has 7 heteroatoms. The van der Waals surface area contributed by atoms with Gasteiger partial charge in [-0.2, -0.15) is 0 Å². The summed E-state index contributed by atoms with van der Waals surface area (Å²) in [7, 11) is 1.55. The first-order chi connectivity index (χ1) is 11.6. The number of aryl methyl sites for hydroxylation is 1. The van der Waals surface area contributed by atoms with E-state index in [9.17, 15) is 9.59 Å². The summed E-state index contributed by atoms with van der Waals surface area (Å²) in [5, 5.41) is 3.27. The number of rotatable bonds is 5. The van der Waals surface area contributed by atoms with Gasteiger partial charge in [0.2, 0.25) is 5.91 Å². The van der Waals surface area contributed by atoms with Gasteiger partial charge in [-0.25, -0.2) is 4.98 Å². The second-order valence-corrected chi connectivity index (χ2v) is 6.39. The molecule has 0 aliphatic rings. The lowest BCUT2D eigenvalue weighted by molar-refractivity contribution is -0.116. The van der Waals surface area contributed by atoms with Crippen molar-refractivity contribution in [2.24, 2.45) is 0 Å². The number of furan rings is 1. The predicted molar refractivity (Wildman–Crippen MR) is 93.3 cm³/mol. The van der Waals surface area contributed by atoms with Gasteiger partial charge < -0.3 is 14.6 Å². The summed E-state index contributed by atoms with van der Waals surface area (Å²) in [6, 6.07) is 9.26. The van der Waals surface area contributed by atoms with Crippen LogP contribution in [-0.4, -0.2) is 35.3 Å². The Morgan fingerprint density at radius 3 is 2.88 bits per heavy atom. The molecule has 2 heterocycles. The molecule has 0 atom stereocenters. The number of anilines is 1. The first-order valence-electron chi connectivity index (χ1n) is 7.55. The maximum absolute atomic E-state index is 12.1. The largest absolute Gasteiger partial charge is 0.459 e. The number of aromatic nitrogens is 1. The Kier molecular flexibility index (Phi) is 4.61. The van der Waals surface area contributed by atoms with Crippen molar-refractivity contribution in [2.75, 3.05) is 18.9 Å². The number of nitrogens with one attached hydrogen (secondary N) is 1. The first kappa shape index (κ1) is 16.2. The number of hydrogen-bond donors (Lipinski definition) is 1. The average Bonchev–Trinajstić information content (AvgIpc) is 3.22. The van der Waals surface area contributed by atoms with Crippen LogP contribution in [0.25, 0.3) is 10.2 Å². The van der Waals surface area contributed by atoms with E-state index in [4.69, 9.17) is 4.42 Å². The molecule has 2 aromatic heterocycles. The van der Waals surface area contributed by atoms with Crippen LogP contribution in [0.5, 0.6) is 0 Å². The molecular formula is C17H17N3O3S. The van der Waals surface area contributed by atoms with Crippen molar-refractivity contribution in [3.05, 3.63) is 47.9 Å². The Hall–Kier alpha value is -2.67. The summed E-state index contributed by atoms with van der Waals surface area (Å²) >= 11 is 1.42. The lowest BCUT2D eigenvalue weighted by Crippen LogP contribution is -2.34. The molecule has 0 aliphatic carbocycles. The lowest BCUT2D eigenvalue weighted by atomic mass is 10.2. The molecule has 1 aromatic carbocycles. The molecular weight excluding hydrogens is 326 g/mol. The van der Waals surface area contributed by atoms with Gasteiger partial charge >= 0.3 is 0 Å². The van der Waals surface area contributed by atoms with Crippen LogP contribution in [0.1, 0.15) is 23.0 Å². The summed E-state index contributed by atoms with van der Waals surface area (Å²) in [6.45, 7) is 2.02. The number of likely N-dealkylation sites (N-methyl/N-ethyl adjacent to an activating group) is 1. The zero-order valence-electron chi connectivity index (χ0n) is 13.4. The standard InChI is InChI=1S/C17H17N3O3S/c1-3-11-6-7-12-14(9-11)24-17(18-12)19-15(21)10-20(2)16(22)13-5-4-8-23-13/h4-9H,3,10H2,1-2H3,(H,18,19,21). The summed E-state index contributed by atoms with van der Waals surface area (Å²) in [5.74, 6) is -0.434. The van der Waals surface area contributed by atoms with Gasteiger partial charge in [0.05, 0.1) is 16.5 Å². The van der Waals surface area contributed by atoms with Crippen LogP contribution >= 0.6 is 11.3 Å². The monoisotopic (exact) mass is 343 g/mol. The zero-order valence-corrected chi connectivity index (χ0v) is 14.2. The number of thiazole rings is 1. The van der Waals surface area contributed by atoms with E-state index in [1.54, 1.807) is 19.2 Å². The Morgan fingerprint density at radius 1 is 1.33 bits per heavy atom. The van der Waals surface area contributed by atoms with Gasteiger partial charge in [-0.15, -0.1) is 0 Å². The van der Waals surface area contributed by atoms with Gasteiger partial charge in [-0.3, -0.25) is 9.59 Å². The normalized spacial score (nSPS) is 10.8. The maximum Gasteiger partial charge on any atom is 0.289 e. The molecule has 0 radical (unpaired) electrons. The average molecular weight is 343 g/mol. The SMILES string of the molecule is CCc1ccc2nc(NC(=O)CN(C)C(=O)c3ccco3)sc2c1. The third-order valence-electron chi connectivity index (χ3n) is 3.57. The van der Waals surface area contributed by atoms with Crippen LogP contribution < -0.4 is 5.32 Å². The minimum Gasteiger partial charge on any atom is -0.459 e. The molecule has 0 unspecified atom stereocenters. The van der Waals surface area contributed by atoms with Gasteiger partial charge in [-0.05, 0) is 36.2 Å². The Labute approximate surface area is 143 Å². The number of amides is 2. The Bertz CT molecular complexity index is 870. The van der Waals surface area contributed by atoms with E-state index in [-0.39, 0.29) is 24.1 Å². The third-order valence-corrected chi connectivity index (χ3v) is 4.50. The van der Waals surface area contributed by atoms with E-state index >= 15 is 0 Å². The summed E-state index contributed by atoms with van der Waals surface area (Å²) in [6.07, 6.45) is 2.38. The molecule has 1 N–H and O–H groups in total. The molecule has 0 fully saturated rings. The fourth-order valence-electron chi connectivity index (χ4n) is 2.28. The quantitative estimate of drug-likeness (QED) is 0.772. The van der Waals surface area contributed by atoms with Crippen molar-refractivity contribution in [3.8, 4) is 0 Å². The summed E-state index contributed by atoms with van der Waals surface area (Å²) in [5.41, 5.74) is 2.08. The molecule has 0 spiro atoms. The molecule has 0 saturated heterocycles. The van der Waals surface area contributed by atoms with Crippen molar-refractivity contribution >= 4 is 38.5 Å². The number of nitrogens with zero attached hydrogens (tertiary/aromatic N) is 2. The molecule has 3 aromatic rings. The molecule has 3 rings (SSSR count). The van der Waals surface area contributed by atoms with Crippen molar-refractivity contribution in [3.63, 3.8) is 0 Å². The fraction of sp³-hybridized carbons (Fsp3) is 0.235. The van der Waals surface area contributed by atoms with E-state index in [0.717, 1.165) is 16.6 Å². The molecule has 24 heavy (non-hydrogen) atoms. The van der Waals surface area contributed by atoms with Gasteiger partial charge in [0.15, 0.2) is 10.9 Å². The summed E-state index contributed by atoms with van der Waals surface area (Å²) in [4.78, 5) is 29.9. The second-order valence-electron chi connectivity index (χ2n) is 5.36. The van der Waals surface area contributed by atoms with Crippen molar-refractivity contribution < 1.29 is 14.0 Å². The van der Waals surface area contributed by atoms with E-state index < -0.39 is 0 Å². The van der Waals surface area contributed by atoms with E-state index in [1.807, 2.05) is 12.1 Å². The second kappa shape index (κ2) is 6.84. The van der Waals surface area contributed by atoms with Crippen LogP contribution in [0.2, 0.25) is 0 Å².